The predicted octanol–water partition coefficient (Wildman–Crippen LogP) is 13.4. The Labute approximate surface area is 311 Å². The van der Waals surface area contributed by atoms with Gasteiger partial charge in [0, 0.05) is 36.0 Å². The first-order valence-corrected chi connectivity index (χ1v) is 19.4. The first-order valence-electron chi connectivity index (χ1n) is 17.8. The monoisotopic (exact) mass is 697 g/mol. The highest BCUT2D eigenvalue weighted by Gasteiger charge is 2.50. The lowest BCUT2D eigenvalue weighted by molar-refractivity contribution is 0.669. The normalized spacial score (nSPS) is 13.8. The van der Waals surface area contributed by atoms with Crippen LogP contribution in [0.15, 0.2) is 208 Å². The molecule has 244 valence electrons. The van der Waals surface area contributed by atoms with E-state index in [4.69, 9.17) is 0 Å². The van der Waals surface area contributed by atoms with E-state index in [0.29, 0.717) is 0 Å². The van der Waals surface area contributed by atoms with Crippen LogP contribution in [0.3, 0.4) is 0 Å². The molecule has 1 aromatic heterocycles. The Morgan fingerprint density at radius 1 is 0.385 bits per heavy atom. The number of hydrogen-bond donors (Lipinski definition) is 0. The van der Waals surface area contributed by atoms with Crippen molar-refractivity contribution in [2.75, 3.05) is 0 Å². The van der Waals surface area contributed by atoms with Crippen LogP contribution in [-0.4, -0.2) is 4.57 Å². The zero-order valence-corrected chi connectivity index (χ0v) is 29.8. The second-order valence-corrected chi connectivity index (χ2v) is 15.7. The Balaban J connectivity index is 1.23. The van der Waals surface area contributed by atoms with Crippen LogP contribution in [0.1, 0.15) is 22.3 Å². The molecule has 9 aromatic rings. The Bertz CT molecular complexity index is 2810. The maximum absolute atomic E-state index is 2.43. The number of nitrogens with zero attached hydrogens (tertiary/aromatic N) is 1. The second-order valence-electron chi connectivity index (χ2n) is 13.6. The van der Waals surface area contributed by atoms with Crippen LogP contribution in [0.5, 0.6) is 0 Å². The number of rotatable bonds is 3. The smallest absolute Gasteiger partial charge is 0.0751 e. The van der Waals surface area contributed by atoms with Gasteiger partial charge in [0.1, 0.15) is 0 Å². The molecule has 0 aliphatic carbocycles. The quantitative estimate of drug-likeness (QED) is 0.181. The molecule has 0 bridgehead atoms. The fourth-order valence-electron chi connectivity index (χ4n) is 8.83. The number of fused-ring (bicyclic) bond motifs is 11. The minimum atomic E-state index is -0.510. The minimum Gasteiger partial charge on any atom is -0.309 e. The molecule has 52 heavy (non-hydrogen) atoms. The van der Waals surface area contributed by atoms with Crippen LogP contribution in [0, 0.1) is 0 Å². The number of aromatic nitrogens is 1. The molecule has 1 spiro atoms. The summed E-state index contributed by atoms with van der Waals surface area (Å²) in [5.41, 5.74) is 13.6. The van der Waals surface area contributed by atoms with E-state index in [1.165, 1.54) is 91.6 Å². The van der Waals surface area contributed by atoms with E-state index in [0.717, 1.165) is 0 Å². The van der Waals surface area contributed by atoms with Crippen molar-refractivity contribution in [2.45, 2.75) is 25.0 Å². The third kappa shape index (κ3) is 4.21. The summed E-state index contributed by atoms with van der Waals surface area (Å²) in [4.78, 5) is 5.25. The van der Waals surface area contributed by atoms with Crippen molar-refractivity contribution in [3.63, 3.8) is 0 Å². The van der Waals surface area contributed by atoms with Crippen molar-refractivity contribution in [3.05, 3.63) is 210 Å². The van der Waals surface area contributed by atoms with Gasteiger partial charge in [-0.3, -0.25) is 0 Å². The van der Waals surface area contributed by atoms with Gasteiger partial charge in [-0.25, -0.2) is 0 Å². The van der Waals surface area contributed by atoms with Crippen molar-refractivity contribution < 1.29 is 0 Å². The van der Waals surface area contributed by atoms with E-state index >= 15 is 0 Å². The van der Waals surface area contributed by atoms with Gasteiger partial charge in [0.25, 0.3) is 0 Å². The molecule has 0 saturated heterocycles. The van der Waals surface area contributed by atoms with Crippen molar-refractivity contribution in [1.29, 1.82) is 0 Å². The lowest BCUT2D eigenvalue weighted by Gasteiger charge is -2.47. The van der Waals surface area contributed by atoms with Crippen molar-refractivity contribution in [2.24, 2.45) is 0 Å². The van der Waals surface area contributed by atoms with Crippen LogP contribution in [0.2, 0.25) is 0 Å². The second kappa shape index (κ2) is 11.6. The summed E-state index contributed by atoms with van der Waals surface area (Å²) in [6, 6.07) is 69.7. The standard InChI is InChI=1S/C49H31NS2/c1-3-15-32(16-4-1)35-20-14-28-46-47(35)49(39-22-8-11-26-44(39)51-45-27-12-9-23-40(45)49)41-24-13-21-36(48(41)52-46)33-29-30-43-38(31-33)37-19-7-10-25-42(37)50(43)34-17-5-2-6-18-34/h1-31H. The highest BCUT2D eigenvalue weighted by molar-refractivity contribution is 8.00. The lowest BCUT2D eigenvalue weighted by Crippen LogP contribution is -2.37. The third-order valence-corrected chi connectivity index (χ3v) is 13.3. The van der Waals surface area contributed by atoms with Crippen molar-refractivity contribution in [1.82, 2.24) is 4.57 Å². The summed E-state index contributed by atoms with van der Waals surface area (Å²) in [7, 11) is 0. The molecule has 0 N–H and O–H groups in total. The van der Waals surface area contributed by atoms with E-state index < -0.39 is 5.41 Å². The molecule has 2 aliphatic rings. The Hall–Kier alpha value is -5.74. The molecule has 8 aromatic carbocycles. The first-order chi connectivity index (χ1) is 25.8. The Morgan fingerprint density at radius 3 is 1.77 bits per heavy atom. The van der Waals surface area contributed by atoms with Crippen molar-refractivity contribution >= 4 is 45.3 Å². The Kier molecular flexibility index (Phi) is 6.70. The van der Waals surface area contributed by atoms with Gasteiger partial charge < -0.3 is 4.57 Å². The molecule has 11 rings (SSSR count). The number of hydrogen-bond acceptors (Lipinski definition) is 2. The summed E-state index contributed by atoms with van der Waals surface area (Å²) >= 11 is 3.82. The molecule has 0 unspecified atom stereocenters. The summed E-state index contributed by atoms with van der Waals surface area (Å²) < 4.78 is 2.40. The van der Waals surface area contributed by atoms with Crippen LogP contribution in [0.25, 0.3) is 49.7 Å². The molecule has 0 radical (unpaired) electrons. The third-order valence-electron chi connectivity index (χ3n) is 10.9. The van der Waals surface area contributed by atoms with Crippen LogP contribution in [0.4, 0.5) is 0 Å². The molecule has 2 aliphatic heterocycles. The molecule has 0 saturated carbocycles. The van der Waals surface area contributed by atoms with Gasteiger partial charge in [-0.2, -0.15) is 0 Å². The molecule has 0 amide bonds. The van der Waals surface area contributed by atoms with Gasteiger partial charge in [0.15, 0.2) is 0 Å². The van der Waals surface area contributed by atoms with E-state index in [9.17, 15) is 0 Å². The minimum absolute atomic E-state index is 0.510. The highest BCUT2D eigenvalue weighted by atomic mass is 32.2. The van der Waals surface area contributed by atoms with Gasteiger partial charge in [0.05, 0.1) is 16.4 Å². The molecule has 3 heterocycles. The molecule has 3 heteroatoms. The van der Waals surface area contributed by atoms with Gasteiger partial charge in [-0.1, -0.05) is 163 Å². The predicted molar refractivity (Wildman–Crippen MR) is 218 cm³/mol. The average Bonchev–Trinajstić information content (AvgIpc) is 3.55. The van der Waals surface area contributed by atoms with Crippen LogP contribution < -0.4 is 0 Å². The molecule has 0 fully saturated rings. The summed E-state index contributed by atoms with van der Waals surface area (Å²) in [5.74, 6) is 0. The fraction of sp³-hybridized carbons (Fsp3) is 0.0204. The van der Waals surface area contributed by atoms with Crippen LogP contribution in [-0.2, 0) is 5.41 Å². The largest absolute Gasteiger partial charge is 0.309 e. The van der Waals surface area contributed by atoms with Gasteiger partial charge >= 0.3 is 0 Å². The maximum atomic E-state index is 2.43. The van der Waals surface area contributed by atoms with Gasteiger partial charge in [-0.05, 0) is 93.0 Å². The zero-order chi connectivity index (χ0) is 34.2. The van der Waals surface area contributed by atoms with Crippen molar-refractivity contribution in [3.8, 4) is 27.9 Å². The van der Waals surface area contributed by atoms with Gasteiger partial charge in [-0.15, -0.1) is 0 Å². The SMILES string of the molecule is c1ccc(-c2cccc3c2C2(c4ccccc4Sc4ccccc42)c2cccc(-c4ccc5c(c4)c4ccccc4n5-c4ccccc4)c2S3)cc1. The zero-order valence-electron chi connectivity index (χ0n) is 28.2. The summed E-state index contributed by atoms with van der Waals surface area (Å²) in [6.45, 7) is 0. The molecule has 0 atom stereocenters. The first kappa shape index (κ1) is 29.9. The molecule has 1 nitrogen and oxygen atoms in total. The van der Waals surface area contributed by atoms with E-state index in [1.54, 1.807) is 0 Å². The van der Waals surface area contributed by atoms with E-state index in [2.05, 4.69) is 193 Å². The summed E-state index contributed by atoms with van der Waals surface area (Å²) in [5, 5.41) is 2.53. The molecular weight excluding hydrogens is 667 g/mol. The topological polar surface area (TPSA) is 4.93 Å². The average molecular weight is 698 g/mol. The van der Waals surface area contributed by atoms with E-state index in [1.807, 2.05) is 23.5 Å². The van der Waals surface area contributed by atoms with Gasteiger partial charge in [0.2, 0.25) is 0 Å². The number of benzene rings is 8. The summed E-state index contributed by atoms with van der Waals surface area (Å²) in [6.07, 6.45) is 0. The fourth-order valence-corrected chi connectivity index (χ4v) is 11.4. The highest BCUT2D eigenvalue weighted by Crippen LogP contribution is 2.64. The maximum Gasteiger partial charge on any atom is 0.0751 e. The lowest BCUT2D eigenvalue weighted by atomic mass is 9.62. The number of para-hydroxylation sites is 2. The van der Waals surface area contributed by atoms with Crippen LogP contribution >= 0.6 is 23.5 Å². The Morgan fingerprint density at radius 2 is 0.981 bits per heavy atom. The van der Waals surface area contributed by atoms with E-state index in [-0.39, 0.29) is 0 Å². The molecular formula is C49H31NS2.